The highest BCUT2D eigenvalue weighted by Gasteiger charge is 2.28. The highest BCUT2D eigenvalue weighted by Crippen LogP contribution is 2.26. The van der Waals surface area contributed by atoms with Gasteiger partial charge >= 0.3 is 5.97 Å². The molecular formula is C15H25NO2. The van der Waals surface area contributed by atoms with Crippen molar-refractivity contribution in [3.63, 3.8) is 0 Å². The molecule has 1 aliphatic rings. The molecule has 102 valence electrons. The normalized spacial score (nSPS) is 25.2. The topological polar surface area (TPSA) is 38.3 Å². The zero-order valence-electron chi connectivity index (χ0n) is 11.6. The van der Waals surface area contributed by atoms with Crippen LogP contribution >= 0.6 is 0 Å². The summed E-state index contributed by atoms with van der Waals surface area (Å²) in [7, 11) is 0. The van der Waals surface area contributed by atoms with Crippen molar-refractivity contribution in [2.75, 3.05) is 6.61 Å². The molecule has 3 unspecified atom stereocenters. The molecule has 0 saturated heterocycles. The first-order valence-electron chi connectivity index (χ1n) is 7.07. The third-order valence-corrected chi connectivity index (χ3v) is 3.62. The molecule has 0 aromatic carbocycles. The Labute approximate surface area is 111 Å². The number of hydrogen-bond acceptors (Lipinski definition) is 3. The highest BCUT2D eigenvalue weighted by atomic mass is 16.5. The minimum Gasteiger partial charge on any atom is -0.466 e. The summed E-state index contributed by atoms with van der Waals surface area (Å²) in [5.74, 6) is 2.74. The smallest absolute Gasteiger partial charge is 0.308 e. The zero-order valence-corrected chi connectivity index (χ0v) is 11.6. The fourth-order valence-electron chi connectivity index (χ4n) is 2.61. The van der Waals surface area contributed by atoms with Gasteiger partial charge in [0.25, 0.3) is 0 Å². The lowest BCUT2D eigenvalue weighted by Crippen LogP contribution is -2.42. The van der Waals surface area contributed by atoms with Crippen LogP contribution in [0.4, 0.5) is 0 Å². The first-order chi connectivity index (χ1) is 8.71. The number of rotatable bonds is 6. The van der Waals surface area contributed by atoms with Crippen LogP contribution in [0.15, 0.2) is 0 Å². The monoisotopic (exact) mass is 251 g/mol. The van der Waals surface area contributed by atoms with Gasteiger partial charge in [-0.3, -0.25) is 4.79 Å². The van der Waals surface area contributed by atoms with Crippen LogP contribution in [-0.4, -0.2) is 24.7 Å². The lowest BCUT2D eigenvalue weighted by atomic mass is 9.85. The van der Waals surface area contributed by atoms with Gasteiger partial charge in [-0.25, -0.2) is 0 Å². The maximum Gasteiger partial charge on any atom is 0.308 e. The van der Waals surface area contributed by atoms with E-state index in [1.165, 1.54) is 0 Å². The Hall–Kier alpha value is -1.01. The summed E-state index contributed by atoms with van der Waals surface area (Å²) in [6, 6.07) is 0.785. The van der Waals surface area contributed by atoms with E-state index in [1.54, 1.807) is 0 Å². The second-order valence-electron chi connectivity index (χ2n) is 4.99. The molecule has 3 atom stereocenters. The number of carbonyl (C=O) groups is 1. The minimum atomic E-state index is -0.0333. The van der Waals surface area contributed by atoms with Gasteiger partial charge in [-0.05, 0) is 32.6 Å². The van der Waals surface area contributed by atoms with Crippen molar-refractivity contribution in [1.82, 2.24) is 5.32 Å². The van der Waals surface area contributed by atoms with E-state index in [0.29, 0.717) is 18.7 Å². The van der Waals surface area contributed by atoms with Gasteiger partial charge in [-0.15, -0.1) is 12.3 Å². The predicted molar refractivity (Wildman–Crippen MR) is 73.0 cm³/mol. The van der Waals surface area contributed by atoms with Crippen molar-refractivity contribution in [2.24, 2.45) is 5.92 Å². The van der Waals surface area contributed by atoms with E-state index in [9.17, 15) is 4.79 Å². The average molecular weight is 251 g/mol. The summed E-state index contributed by atoms with van der Waals surface area (Å²) in [4.78, 5) is 11.7. The maximum absolute atomic E-state index is 11.7. The molecule has 1 N–H and O–H groups in total. The second kappa shape index (κ2) is 8.16. The van der Waals surface area contributed by atoms with Crippen LogP contribution in [0.5, 0.6) is 0 Å². The van der Waals surface area contributed by atoms with Crippen LogP contribution in [0.2, 0.25) is 0 Å². The fourth-order valence-corrected chi connectivity index (χ4v) is 2.61. The fraction of sp³-hybridized carbons (Fsp3) is 0.800. The average Bonchev–Trinajstić information content (AvgIpc) is 2.39. The van der Waals surface area contributed by atoms with Crippen LogP contribution in [0.3, 0.4) is 0 Å². The van der Waals surface area contributed by atoms with Gasteiger partial charge in [0.15, 0.2) is 0 Å². The van der Waals surface area contributed by atoms with Crippen LogP contribution < -0.4 is 5.32 Å². The molecule has 1 fully saturated rings. The number of ether oxygens (including phenoxy) is 1. The number of terminal acetylenes is 1. The molecule has 0 spiro atoms. The summed E-state index contributed by atoms with van der Waals surface area (Å²) in [6.45, 7) is 4.47. The Balaban J connectivity index is 2.43. The number of carbonyl (C=O) groups excluding carboxylic acids is 1. The van der Waals surface area contributed by atoms with Crippen LogP contribution in [0, 0.1) is 18.3 Å². The number of esters is 1. The molecule has 0 aromatic rings. The van der Waals surface area contributed by atoms with Gasteiger partial charge in [0, 0.05) is 18.5 Å². The summed E-state index contributed by atoms with van der Waals surface area (Å²) in [5, 5.41) is 3.58. The second-order valence-corrected chi connectivity index (χ2v) is 4.99. The van der Waals surface area contributed by atoms with Crippen molar-refractivity contribution < 1.29 is 9.53 Å². The molecule has 0 aromatic heterocycles. The van der Waals surface area contributed by atoms with Gasteiger partial charge in [0.05, 0.1) is 12.5 Å². The maximum atomic E-state index is 11.7. The van der Waals surface area contributed by atoms with Gasteiger partial charge in [-0.2, -0.15) is 0 Å². The Morgan fingerprint density at radius 3 is 2.89 bits per heavy atom. The molecular weight excluding hydrogens is 226 g/mol. The van der Waals surface area contributed by atoms with Crippen molar-refractivity contribution in [3.05, 3.63) is 0 Å². The quantitative estimate of drug-likeness (QED) is 0.582. The molecule has 3 heteroatoms. The van der Waals surface area contributed by atoms with E-state index in [-0.39, 0.29) is 11.9 Å². The molecule has 3 nitrogen and oxygen atoms in total. The standard InChI is InChI=1S/C15H25NO2/c1-4-8-13(5-2)16-14-10-7-9-12(11-14)15(17)18-6-3/h1,12-14,16H,5-11H2,2-3H3. The van der Waals surface area contributed by atoms with Crippen LogP contribution in [0.1, 0.15) is 52.4 Å². The van der Waals surface area contributed by atoms with Gasteiger partial charge in [0.2, 0.25) is 0 Å². The molecule has 0 heterocycles. The lowest BCUT2D eigenvalue weighted by Gasteiger charge is -2.31. The van der Waals surface area contributed by atoms with Gasteiger partial charge in [0.1, 0.15) is 0 Å². The zero-order chi connectivity index (χ0) is 13.4. The Morgan fingerprint density at radius 2 is 2.28 bits per heavy atom. The van der Waals surface area contributed by atoms with E-state index in [4.69, 9.17) is 11.2 Å². The largest absolute Gasteiger partial charge is 0.466 e. The van der Waals surface area contributed by atoms with Gasteiger partial charge < -0.3 is 10.1 Å². The lowest BCUT2D eigenvalue weighted by molar-refractivity contribution is -0.149. The highest BCUT2D eigenvalue weighted by molar-refractivity contribution is 5.72. The molecule has 0 amide bonds. The number of nitrogens with one attached hydrogen (secondary N) is 1. The van der Waals surface area contributed by atoms with E-state index in [0.717, 1.165) is 38.5 Å². The van der Waals surface area contributed by atoms with E-state index >= 15 is 0 Å². The molecule has 0 radical (unpaired) electrons. The SMILES string of the molecule is C#CCC(CC)NC1CCCC(C(=O)OCC)C1. The van der Waals surface area contributed by atoms with Gasteiger partial charge in [-0.1, -0.05) is 13.3 Å². The Kier molecular flexibility index (Phi) is 6.82. The molecule has 1 rings (SSSR count). The minimum absolute atomic E-state index is 0.0333. The van der Waals surface area contributed by atoms with E-state index in [1.807, 2.05) is 6.92 Å². The van der Waals surface area contributed by atoms with Crippen LogP contribution in [0.25, 0.3) is 0 Å². The Bertz CT molecular complexity index is 295. The van der Waals surface area contributed by atoms with Crippen molar-refractivity contribution >= 4 is 5.97 Å². The van der Waals surface area contributed by atoms with Crippen molar-refractivity contribution in [2.45, 2.75) is 64.5 Å². The van der Waals surface area contributed by atoms with Crippen molar-refractivity contribution in [1.29, 1.82) is 0 Å². The first-order valence-corrected chi connectivity index (χ1v) is 7.07. The molecule has 0 bridgehead atoms. The van der Waals surface area contributed by atoms with E-state index < -0.39 is 0 Å². The molecule has 1 aliphatic carbocycles. The predicted octanol–water partition coefficient (Wildman–Crippen LogP) is 2.50. The molecule has 1 saturated carbocycles. The molecule has 0 aliphatic heterocycles. The molecule has 18 heavy (non-hydrogen) atoms. The van der Waals surface area contributed by atoms with E-state index in [2.05, 4.69) is 18.2 Å². The number of hydrogen-bond donors (Lipinski definition) is 1. The Morgan fingerprint density at radius 1 is 1.50 bits per heavy atom. The summed E-state index contributed by atoms with van der Waals surface area (Å²) >= 11 is 0. The third kappa shape index (κ3) is 4.70. The first kappa shape index (κ1) is 15.0. The van der Waals surface area contributed by atoms with Crippen LogP contribution in [-0.2, 0) is 9.53 Å². The summed E-state index contributed by atoms with van der Waals surface area (Å²) < 4.78 is 5.11. The third-order valence-electron chi connectivity index (χ3n) is 3.62. The van der Waals surface area contributed by atoms with Crippen molar-refractivity contribution in [3.8, 4) is 12.3 Å². The summed E-state index contributed by atoms with van der Waals surface area (Å²) in [6.07, 6.45) is 11.2. The summed E-state index contributed by atoms with van der Waals surface area (Å²) in [5.41, 5.74) is 0.